The number of halogens is 1. The van der Waals surface area contributed by atoms with Gasteiger partial charge in [-0.15, -0.1) is 0 Å². The molecule has 18 heavy (non-hydrogen) atoms. The summed E-state index contributed by atoms with van der Waals surface area (Å²) >= 11 is 0. The summed E-state index contributed by atoms with van der Waals surface area (Å²) in [4.78, 5) is 11.0. The van der Waals surface area contributed by atoms with Gasteiger partial charge in [0.1, 0.15) is 11.6 Å². The van der Waals surface area contributed by atoms with Crippen molar-refractivity contribution in [1.29, 1.82) is 0 Å². The van der Waals surface area contributed by atoms with Crippen molar-refractivity contribution in [2.45, 2.75) is 31.7 Å². The second kappa shape index (κ2) is 6.35. The molecule has 5 heteroatoms. The number of nitrogens with two attached hydrogens (primary N) is 2. The molecule has 4 N–H and O–H groups in total. The summed E-state index contributed by atoms with van der Waals surface area (Å²) in [5.41, 5.74) is 9.91. The number of primary amides is 1. The molecule has 1 unspecified atom stereocenters. The van der Waals surface area contributed by atoms with Crippen LogP contribution in [0.5, 0.6) is 5.75 Å². The largest absolute Gasteiger partial charge is 0.494 e. The molecule has 1 atom stereocenters. The molecular weight excluding hydrogens is 235 g/mol. The lowest BCUT2D eigenvalue weighted by Gasteiger charge is -2.19. The lowest BCUT2D eigenvalue weighted by Crippen LogP contribution is -2.49. The van der Waals surface area contributed by atoms with Gasteiger partial charge in [-0.1, -0.05) is 0 Å². The zero-order valence-electron chi connectivity index (χ0n) is 10.5. The van der Waals surface area contributed by atoms with Crippen LogP contribution < -0.4 is 16.2 Å². The SMILES string of the molecule is CC(N)(CCCCOc1ccc(F)cc1)C(N)=O. The molecule has 0 spiro atoms. The molecule has 0 heterocycles. The van der Waals surface area contributed by atoms with Crippen molar-refractivity contribution in [2.75, 3.05) is 6.61 Å². The minimum Gasteiger partial charge on any atom is -0.494 e. The van der Waals surface area contributed by atoms with Crippen LogP contribution in [-0.2, 0) is 4.79 Å². The summed E-state index contributed by atoms with van der Waals surface area (Å²) in [6.07, 6.45) is 2.03. The van der Waals surface area contributed by atoms with Gasteiger partial charge in [-0.2, -0.15) is 0 Å². The maximum atomic E-state index is 12.6. The Kier molecular flexibility index (Phi) is 5.09. The highest BCUT2D eigenvalue weighted by Crippen LogP contribution is 2.13. The average Bonchev–Trinajstić information content (AvgIpc) is 2.31. The average molecular weight is 254 g/mol. The second-order valence-electron chi connectivity index (χ2n) is 4.54. The Morgan fingerprint density at radius 1 is 1.33 bits per heavy atom. The molecule has 1 aromatic carbocycles. The predicted molar refractivity (Wildman–Crippen MR) is 67.5 cm³/mol. The second-order valence-corrected chi connectivity index (χ2v) is 4.54. The lowest BCUT2D eigenvalue weighted by molar-refractivity contribution is -0.122. The fraction of sp³-hybridized carbons (Fsp3) is 0.462. The van der Waals surface area contributed by atoms with E-state index in [2.05, 4.69) is 0 Å². The van der Waals surface area contributed by atoms with Gasteiger partial charge >= 0.3 is 0 Å². The molecule has 100 valence electrons. The van der Waals surface area contributed by atoms with Crippen LogP contribution in [0.1, 0.15) is 26.2 Å². The van der Waals surface area contributed by atoms with E-state index in [1.54, 1.807) is 19.1 Å². The van der Waals surface area contributed by atoms with E-state index in [4.69, 9.17) is 16.2 Å². The number of rotatable bonds is 7. The molecule has 0 bridgehead atoms. The van der Waals surface area contributed by atoms with E-state index in [0.717, 1.165) is 12.8 Å². The maximum Gasteiger partial charge on any atom is 0.237 e. The smallest absolute Gasteiger partial charge is 0.237 e. The zero-order chi connectivity index (χ0) is 13.6. The van der Waals surface area contributed by atoms with Gasteiger partial charge in [0.2, 0.25) is 5.91 Å². The first kappa shape index (κ1) is 14.4. The van der Waals surface area contributed by atoms with Crippen LogP contribution in [0.2, 0.25) is 0 Å². The van der Waals surface area contributed by atoms with Crippen LogP contribution in [0.15, 0.2) is 24.3 Å². The highest BCUT2D eigenvalue weighted by Gasteiger charge is 2.24. The number of hydrogen-bond donors (Lipinski definition) is 2. The van der Waals surface area contributed by atoms with E-state index in [0.29, 0.717) is 18.8 Å². The Morgan fingerprint density at radius 3 is 2.50 bits per heavy atom. The van der Waals surface area contributed by atoms with E-state index in [-0.39, 0.29) is 5.82 Å². The zero-order valence-corrected chi connectivity index (χ0v) is 10.5. The molecular formula is C13H19FN2O2. The van der Waals surface area contributed by atoms with Gasteiger partial charge in [-0.05, 0) is 50.5 Å². The quantitative estimate of drug-likeness (QED) is 0.725. The monoisotopic (exact) mass is 254 g/mol. The van der Waals surface area contributed by atoms with E-state index in [9.17, 15) is 9.18 Å². The van der Waals surface area contributed by atoms with Gasteiger partial charge in [-0.3, -0.25) is 4.79 Å². The van der Waals surface area contributed by atoms with Crippen LogP contribution in [0.25, 0.3) is 0 Å². The number of benzene rings is 1. The molecule has 0 radical (unpaired) electrons. The number of carbonyl (C=O) groups is 1. The Morgan fingerprint density at radius 2 is 1.94 bits per heavy atom. The highest BCUT2D eigenvalue weighted by atomic mass is 19.1. The van der Waals surface area contributed by atoms with Crippen LogP contribution in [-0.4, -0.2) is 18.1 Å². The first-order valence-electron chi connectivity index (χ1n) is 5.89. The minimum atomic E-state index is -0.962. The third kappa shape index (κ3) is 4.71. The van der Waals surface area contributed by atoms with E-state index in [1.165, 1.54) is 12.1 Å². The predicted octanol–water partition coefficient (Wildman–Crippen LogP) is 1.58. The Hall–Kier alpha value is -1.62. The Labute approximate surface area is 106 Å². The molecule has 1 rings (SSSR count). The van der Waals surface area contributed by atoms with Gasteiger partial charge in [0, 0.05) is 0 Å². The first-order valence-corrected chi connectivity index (χ1v) is 5.89. The fourth-order valence-corrected chi connectivity index (χ4v) is 1.44. The molecule has 1 amide bonds. The van der Waals surface area contributed by atoms with Crippen molar-refractivity contribution in [3.8, 4) is 5.75 Å². The molecule has 1 aromatic rings. The summed E-state index contributed by atoms with van der Waals surface area (Å²) in [7, 11) is 0. The molecule has 0 saturated carbocycles. The van der Waals surface area contributed by atoms with E-state index < -0.39 is 11.4 Å². The summed E-state index contributed by atoms with van der Waals surface area (Å²) < 4.78 is 18.0. The van der Waals surface area contributed by atoms with Gasteiger partial charge in [0.25, 0.3) is 0 Å². The first-order chi connectivity index (χ1) is 8.42. The molecule has 0 aliphatic carbocycles. The van der Waals surface area contributed by atoms with Crippen molar-refractivity contribution in [3.63, 3.8) is 0 Å². The molecule has 0 aliphatic rings. The van der Waals surface area contributed by atoms with Crippen molar-refractivity contribution < 1.29 is 13.9 Å². The third-order valence-electron chi connectivity index (χ3n) is 2.74. The molecule has 4 nitrogen and oxygen atoms in total. The number of carbonyl (C=O) groups excluding carboxylic acids is 1. The van der Waals surface area contributed by atoms with E-state index >= 15 is 0 Å². The van der Waals surface area contributed by atoms with Gasteiger partial charge in [0.05, 0.1) is 12.1 Å². The minimum absolute atomic E-state index is 0.289. The van der Waals surface area contributed by atoms with Gasteiger partial charge in [-0.25, -0.2) is 4.39 Å². The van der Waals surface area contributed by atoms with Crippen molar-refractivity contribution in [1.82, 2.24) is 0 Å². The van der Waals surface area contributed by atoms with Gasteiger partial charge in [0.15, 0.2) is 0 Å². The number of unbranched alkanes of at least 4 members (excludes halogenated alkanes) is 1. The molecule has 0 fully saturated rings. The Bertz CT molecular complexity index is 390. The number of amides is 1. The lowest BCUT2D eigenvalue weighted by atomic mass is 9.96. The van der Waals surface area contributed by atoms with Crippen LogP contribution in [0, 0.1) is 5.82 Å². The number of ether oxygens (including phenoxy) is 1. The normalized spacial score (nSPS) is 13.9. The third-order valence-corrected chi connectivity index (χ3v) is 2.74. The van der Waals surface area contributed by atoms with Crippen LogP contribution in [0.4, 0.5) is 4.39 Å². The summed E-state index contributed by atoms with van der Waals surface area (Å²) in [5, 5.41) is 0. The molecule has 0 aromatic heterocycles. The summed E-state index contributed by atoms with van der Waals surface area (Å²) in [5.74, 6) is -0.161. The van der Waals surface area contributed by atoms with E-state index in [1.807, 2.05) is 0 Å². The molecule has 0 saturated heterocycles. The maximum absolute atomic E-state index is 12.6. The fourth-order valence-electron chi connectivity index (χ4n) is 1.44. The summed E-state index contributed by atoms with van der Waals surface area (Å²) in [6.45, 7) is 2.12. The highest BCUT2D eigenvalue weighted by molar-refractivity contribution is 5.83. The van der Waals surface area contributed by atoms with Crippen molar-refractivity contribution in [2.24, 2.45) is 11.5 Å². The van der Waals surface area contributed by atoms with Crippen molar-refractivity contribution in [3.05, 3.63) is 30.1 Å². The van der Waals surface area contributed by atoms with Gasteiger partial charge < -0.3 is 16.2 Å². The van der Waals surface area contributed by atoms with Crippen molar-refractivity contribution >= 4 is 5.91 Å². The molecule has 0 aliphatic heterocycles. The van der Waals surface area contributed by atoms with Crippen LogP contribution in [0.3, 0.4) is 0 Å². The summed E-state index contributed by atoms with van der Waals surface area (Å²) in [6, 6.07) is 5.84. The van der Waals surface area contributed by atoms with Crippen LogP contribution >= 0.6 is 0 Å². The Balaban J connectivity index is 2.20. The standard InChI is InChI=1S/C13H19FN2O2/c1-13(16,12(15)17)8-2-3-9-18-11-6-4-10(14)5-7-11/h4-7H,2-3,8-9,16H2,1H3,(H2,15,17). The number of hydrogen-bond acceptors (Lipinski definition) is 3. The topological polar surface area (TPSA) is 78.3 Å².